The minimum atomic E-state index is -0.469. The zero-order valence-corrected chi connectivity index (χ0v) is 10.4. The number of nitrogens with one attached hydrogen (secondary N) is 1. The van der Waals surface area contributed by atoms with Crippen molar-refractivity contribution in [3.63, 3.8) is 0 Å². The van der Waals surface area contributed by atoms with Gasteiger partial charge >= 0.3 is 5.69 Å². The highest BCUT2D eigenvalue weighted by Gasteiger charge is 2.14. The number of thiazole rings is 1. The number of benzene rings is 1. The molecule has 0 radical (unpaired) electrons. The van der Waals surface area contributed by atoms with Gasteiger partial charge in [-0.3, -0.25) is 10.1 Å². The molecule has 94 valence electrons. The van der Waals surface area contributed by atoms with E-state index in [0.29, 0.717) is 6.54 Å². The molecule has 0 bridgehead atoms. The molecule has 0 saturated heterocycles. The zero-order chi connectivity index (χ0) is 13.0. The van der Waals surface area contributed by atoms with E-state index in [9.17, 15) is 10.1 Å². The molecule has 1 aromatic heterocycles. The molecule has 1 aromatic carbocycles. The van der Waals surface area contributed by atoms with E-state index in [1.165, 1.54) is 13.2 Å². The first kappa shape index (κ1) is 12.3. The van der Waals surface area contributed by atoms with E-state index in [0.717, 1.165) is 10.7 Å². The number of methoxy groups -OCH3 is 1. The van der Waals surface area contributed by atoms with Crippen LogP contribution in [0.4, 0.5) is 11.4 Å². The van der Waals surface area contributed by atoms with E-state index in [1.807, 2.05) is 5.38 Å². The van der Waals surface area contributed by atoms with Crippen molar-refractivity contribution in [2.24, 2.45) is 0 Å². The first-order valence-corrected chi connectivity index (χ1v) is 6.03. The summed E-state index contributed by atoms with van der Waals surface area (Å²) in [5.74, 6) is 0.240. The topological polar surface area (TPSA) is 77.3 Å². The van der Waals surface area contributed by atoms with Crippen molar-refractivity contribution in [1.82, 2.24) is 4.98 Å². The van der Waals surface area contributed by atoms with Crippen molar-refractivity contribution in [3.8, 4) is 5.75 Å². The van der Waals surface area contributed by atoms with Crippen molar-refractivity contribution in [2.75, 3.05) is 12.4 Å². The molecule has 0 saturated carbocycles. The molecule has 0 atom stereocenters. The normalized spacial score (nSPS) is 10.1. The summed E-state index contributed by atoms with van der Waals surface area (Å²) < 4.78 is 4.99. The third-order valence-electron chi connectivity index (χ3n) is 2.30. The SMILES string of the molecule is COc1cc(NCc2nccs2)ccc1[N+](=O)[O-]. The van der Waals surface area contributed by atoms with Gasteiger partial charge in [0.25, 0.3) is 0 Å². The Kier molecular flexibility index (Phi) is 3.73. The average molecular weight is 265 g/mol. The summed E-state index contributed by atoms with van der Waals surface area (Å²) in [6.45, 7) is 0.582. The monoisotopic (exact) mass is 265 g/mol. The third-order valence-corrected chi connectivity index (χ3v) is 3.08. The molecule has 1 heterocycles. The van der Waals surface area contributed by atoms with E-state index in [1.54, 1.807) is 29.7 Å². The number of anilines is 1. The summed E-state index contributed by atoms with van der Waals surface area (Å²) >= 11 is 1.55. The minimum absolute atomic E-state index is 0.0442. The summed E-state index contributed by atoms with van der Waals surface area (Å²) in [6, 6.07) is 4.67. The van der Waals surface area contributed by atoms with Crippen LogP contribution in [0.5, 0.6) is 5.75 Å². The van der Waals surface area contributed by atoms with Gasteiger partial charge in [0.2, 0.25) is 0 Å². The van der Waals surface area contributed by atoms with E-state index in [-0.39, 0.29) is 11.4 Å². The Morgan fingerprint density at radius 2 is 2.39 bits per heavy atom. The molecule has 18 heavy (non-hydrogen) atoms. The lowest BCUT2D eigenvalue weighted by molar-refractivity contribution is -0.385. The molecule has 0 aliphatic heterocycles. The summed E-state index contributed by atoms with van der Waals surface area (Å²) in [7, 11) is 1.41. The van der Waals surface area contributed by atoms with Crippen molar-refractivity contribution < 1.29 is 9.66 Å². The van der Waals surface area contributed by atoms with Gasteiger partial charge in [-0.25, -0.2) is 4.98 Å². The van der Waals surface area contributed by atoms with E-state index in [2.05, 4.69) is 10.3 Å². The van der Waals surface area contributed by atoms with Crippen molar-refractivity contribution in [1.29, 1.82) is 0 Å². The smallest absolute Gasteiger partial charge is 0.311 e. The van der Waals surface area contributed by atoms with Gasteiger partial charge in [-0.2, -0.15) is 0 Å². The molecule has 2 aromatic rings. The molecule has 1 N–H and O–H groups in total. The van der Waals surface area contributed by atoms with Gasteiger partial charge in [-0.05, 0) is 6.07 Å². The third kappa shape index (κ3) is 2.75. The predicted molar refractivity (Wildman–Crippen MR) is 69.1 cm³/mol. The largest absolute Gasteiger partial charge is 0.490 e. The second-order valence-electron chi connectivity index (χ2n) is 3.42. The highest BCUT2D eigenvalue weighted by atomic mass is 32.1. The van der Waals surface area contributed by atoms with Crippen LogP contribution in [0, 0.1) is 10.1 Å². The maximum Gasteiger partial charge on any atom is 0.311 e. The second kappa shape index (κ2) is 5.46. The summed E-state index contributed by atoms with van der Waals surface area (Å²) in [5.41, 5.74) is 0.713. The van der Waals surface area contributed by atoms with Crippen LogP contribution in [0.1, 0.15) is 5.01 Å². The molecule has 0 unspecified atom stereocenters. The lowest BCUT2D eigenvalue weighted by Crippen LogP contribution is -2.00. The van der Waals surface area contributed by atoms with E-state index >= 15 is 0 Å². The van der Waals surface area contributed by atoms with Gasteiger partial charge in [0.1, 0.15) is 5.01 Å². The number of nitrogens with zero attached hydrogens (tertiary/aromatic N) is 2. The maximum absolute atomic E-state index is 10.7. The highest BCUT2D eigenvalue weighted by molar-refractivity contribution is 7.09. The maximum atomic E-state index is 10.7. The Bertz CT molecular complexity index is 542. The summed E-state index contributed by atoms with van der Waals surface area (Å²) in [6.07, 6.45) is 1.73. The molecule has 2 rings (SSSR count). The molecule has 0 spiro atoms. The number of hydrogen-bond acceptors (Lipinski definition) is 6. The Morgan fingerprint density at radius 1 is 1.56 bits per heavy atom. The average Bonchev–Trinajstić information content (AvgIpc) is 2.88. The fourth-order valence-corrected chi connectivity index (χ4v) is 2.01. The fourth-order valence-electron chi connectivity index (χ4n) is 1.46. The van der Waals surface area contributed by atoms with Gasteiger partial charge in [0.05, 0.1) is 18.6 Å². The van der Waals surface area contributed by atoms with Crippen LogP contribution in [0.3, 0.4) is 0 Å². The quantitative estimate of drug-likeness (QED) is 0.664. The number of ether oxygens (including phenoxy) is 1. The molecule has 0 amide bonds. The van der Waals surface area contributed by atoms with Gasteiger partial charge in [-0.15, -0.1) is 11.3 Å². The van der Waals surface area contributed by atoms with Gasteiger partial charge in [-0.1, -0.05) is 0 Å². The number of nitro groups is 1. The Morgan fingerprint density at radius 3 is 3.00 bits per heavy atom. The molecule has 0 fully saturated rings. The van der Waals surface area contributed by atoms with Crippen molar-refractivity contribution >= 4 is 22.7 Å². The Hall–Kier alpha value is -2.15. The number of rotatable bonds is 5. The summed E-state index contributed by atoms with van der Waals surface area (Å²) in [5, 5.41) is 16.7. The molecule has 6 nitrogen and oxygen atoms in total. The van der Waals surface area contributed by atoms with E-state index in [4.69, 9.17) is 4.74 Å². The van der Waals surface area contributed by atoms with Crippen LogP contribution in [0.15, 0.2) is 29.8 Å². The Balaban J connectivity index is 2.12. The van der Waals surface area contributed by atoms with Gasteiger partial charge in [0, 0.05) is 29.4 Å². The molecule has 0 aliphatic rings. The van der Waals surface area contributed by atoms with Crippen LogP contribution in [0.25, 0.3) is 0 Å². The molecular weight excluding hydrogens is 254 g/mol. The first-order chi connectivity index (χ1) is 8.70. The molecular formula is C11H11N3O3S. The minimum Gasteiger partial charge on any atom is -0.490 e. The van der Waals surface area contributed by atoms with Crippen LogP contribution < -0.4 is 10.1 Å². The number of hydrogen-bond donors (Lipinski definition) is 1. The molecule has 0 aliphatic carbocycles. The van der Waals surface area contributed by atoms with Gasteiger partial charge in [0.15, 0.2) is 5.75 Å². The molecule has 7 heteroatoms. The van der Waals surface area contributed by atoms with E-state index < -0.39 is 4.92 Å². The second-order valence-corrected chi connectivity index (χ2v) is 4.40. The van der Waals surface area contributed by atoms with Gasteiger partial charge < -0.3 is 10.1 Å². The lowest BCUT2D eigenvalue weighted by Gasteiger charge is -2.07. The zero-order valence-electron chi connectivity index (χ0n) is 9.62. The standard InChI is InChI=1S/C11H11N3O3S/c1-17-10-6-8(2-3-9(10)14(15)16)13-7-11-12-4-5-18-11/h2-6,13H,7H2,1H3. The Labute approximate surface area is 107 Å². The fraction of sp³-hybridized carbons (Fsp3) is 0.182. The van der Waals surface area contributed by atoms with Crippen molar-refractivity contribution in [2.45, 2.75) is 6.54 Å². The van der Waals surface area contributed by atoms with Crippen molar-refractivity contribution in [3.05, 3.63) is 44.9 Å². The summed E-state index contributed by atoms with van der Waals surface area (Å²) in [4.78, 5) is 14.4. The van der Waals surface area contributed by atoms with Crippen LogP contribution in [0.2, 0.25) is 0 Å². The van der Waals surface area contributed by atoms with Crippen LogP contribution in [-0.4, -0.2) is 17.0 Å². The highest BCUT2D eigenvalue weighted by Crippen LogP contribution is 2.29. The lowest BCUT2D eigenvalue weighted by atomic mass is 10.2. The number of nitro benzene ring substituents is 1. The first-order valence-electron chi connectivity index (χ1n) is 5.15. The number of aromatic nitrogens is 1. The predicted octanol–water partition coefficient (Wildman–Crippen LogP) is 2.67. The van der Waals surface area contributed by atoms with Crippen LogP contribution >= 0.6 is 11.3 Å². The van der Waals surface area contributed by atoms with Crippen LogP contribution in [-0.2, 0) is 6.54 Å².